The predicted octanol–water partition coefficient (Wildman–Crippen LogP) is 2.80. The second-order valence-corrected chi connectivity index (χ2v) is 2.80. The molecule has 3 nitrogen and oxygen atoms in total. The molecule has 0 aliphatic carbocycles. The zero-order valence-corrected chi connectivity index (χ0v) is 8.38. The lowest BCUT2D eigenvalue weighted by Crippen LogP contribution is -2.18. The van der Waals surface area contributed by atoms with E-state index in [1.807, 2.05) is 0 Å². The molecule has 88 valence electrons. The van der Waals surface area contributed by atoms with Crippen molar-refractivity contribution in [2.75, 3.05) is 6.61 Å². The molecule has 0 unspecified atom stereocenters. The Kier molecular flexibility index (Phi) is 3.76. The van der Waals surface area contributed by atoms with Crippen molar-refractivity contribution >= 4 is 6.29 Å². The van der Waals surface area contributed by atoms with Gasteiger partial charge in [-0.05, 0) is 19.1 Å². The van der Waals surface area contributed by atoms with Gasteiger partial charge in [-0.15, -0.1) is 13.2 Å². The van der Waals surface area contributed by atoms with Crippen molar-refractivity contribution in [3.63, 3.8) is 0 Å². The number of rotatable bonds is 4. The van der Waals surface area contributed by atoms with Gasteiger partial charge in [0.05, 0.1) is 12.2 Å². The highest BCUT2D eigenvalue weighted by Gasteiger charge is 2.32. The van der Waals surface area contributed by atoms with E-state index in [1.54, 1.807) is 6.92 Å². The standard InChI is InChI=1S/C10H9F3O3/c1-2-15-8-4-3-7(6-14)9(5-8)16-10(11,12)13/h3-6H,2H2,1H3. The van der Waals surface area contributed by atoms with Gasteiger partial charge in [-0.1, -0.05) is 0 Å². The summed E-state index contributed by atoms with van der Waals surface area (Å²) in [5, 5.41) is 0. The summed E-state index contributed by atoms with van der Waals surface area (Å²) in [6, 6.07) is 3.64. The second-order valence-electron chi connectivity index (χ2n) is 2.80. The number of alkyl halides is 3. The molecular formula is C10H9F3O3. The normalized spacial score (nSPS) is 11.0. The van der Waals surface area contributed by atoms with Gasteiger partial charge in [0, 0.05) is 6.07 Å². The van der Waals surface area contributed by atoms with Crippen LogP contribution in [0.15, 0.2) is 18.2 Å². The van der Waals surface area contributed by atoms with Gasteiger partial charge in [0.1, 0.15) is 11.5 Å². The van der Waals surface area contributed by atoms with Crippen LogP contribution in [0.2, 0.25) is 0 Å². The van der Waals surface area contributed by atoms with Gasteiger partial charge in [-0.2, -0.15) is 0 Å². The fraction of sp³-hybridized carbons (Fsp3) is 0.300. The first-order valence-electron chi connectivity index (χ1n) is 4.44. The van der Waals surface area contributed by atoms with Crippen LogP contribution >= 0.6 is 0 Å². The number of carbonyl (C=O) groups excluding carboxylic acids is 1. The highest BCUT2D eigenvalue weighted by atomic mass is 19.4. The molecule has 0 saturated carbocycles. The van der Waals surface area contributed by atoms with Crippen LogP contribution in [0.4, 0.5) is 13.2 Å². The summed E-state index contributed by atoms with van der Waals surface area (Å²) < 4.78 is 44.7. The lowest BCUT2D eigenvalue weighted by Gasteiger charge is -2.12. The van der Waals surface area contributed by atoms with E-state index in [0.717, 1.165) is 6.07 Å². The van der Waals surface area contributed by atoms with Crippen molar-refractivity contribution in [2.45, 2.75) is 13.3 Å². The number of hydrogen-bond acceptors (Lipinski definition) is 3. The fourth-order valence-electron chi connectivity index (χ4n) is 1.08. The summed E-state index contributed by atoms with van der Waals surface area (Å²) in [5.41, 5.74) is -0.180. The molecule has 0 aromatic heterocycles. The molecule has 0 amide bonds. The van der Waals surface area contributed by atoms with E-state index in [9.17, 15) is 18.0 Å². The molecule has 0 N–H and O–H groups in total. The lowest BCUT2D eigenvalue weighted by molar-refractivity contribution is -0.274. The van der Waals surface area contributed by atoms with Crippen LogP contribution in [0.3, 0.4) is 0 Å². The smallest absolute Gasteiger partial charge is 0.494 e. The average Bonchev–Trinajstić information content (AvgIpc) is 2.16. The molecule has 0 aliphatic rings. The van der Waals surface area contributed by atoms with E-state index in [0.29, 0.717) is 6.61 Å². The first-order valence-corrected chi connectivity index (χ1v) is 4.44. The summed E-state index contributed by atoms with van der Waals surface area (Å²) in [6.07, 6.45) is -4.54. The van der Waals surface area contributed by atoms with Crippen LogP contribution in [0, 0.1) is 0 Å². The van der Waals surface area contributed by atoms with Gasteiger partial charge in [0.2, 0.25) is 0 Å². The summed E-state index contributed by atoms with van der Waals surface area (Å²) in [5.74, 6) is -0.346. The van der Waals surface area contributed by atoms with Crippen molar-refractivity contribution in [2.24, 2.45) is 0 Å². The molecule has 1 rings (SSSR count). The van der Waals surface area contributed by atoms with Crippen molar-refractivity contribution in [3.05, 3.63) is 23.8 Å². The number of carbonyl (C=O) groups is 1. The maximum atomic E-state index is 12.0. The fourth-order valence-corrected chi connectivity index (χ4v) is 1.08. The third kappa shape index (κ3) is 3.45. The Morgan fingerprint density at radius 1 is 1.38 bits per heavy atom. The third-order valence-electron chi connectivity index (χ3n) is 1.65. The van der Waals surface area contributed by atoms with E-state index < -0.39 is 12.1 Å². The predicted molar refractivity (Wildman–Crippen MR) is 49.7 cm³/mol. The SMILES string of the molecule is CCOc1ccc(C=O)c(OC(F)(F)F)c1. The topological polar surface area (TPSA) is 35.5 Å². The maximum Gasteiger partial charge on any atom is 0.573 e. The van der Waals surface area contributed by atoms with Gasteiger partial charge in [0.15, 0.2) is 6.29 Å². The van der Waals surface area contributed by atoms with Gasteiger partial charge in [0.25, 0.3) is 0 Å². The Morgan fingerprint density at radius 2 is 2.06 bits per heavy atom. The molecule has 0 fully saturated rings. The van der Waals surface area contributed by atoms with Crippen LogP contribution in [0.1, 0.15) is 17.3 Å². The van der Waals surface area contributed by atoms with Gasteiger partial charge < -0.3 is 9.47 Å². The quantitative estimate of drug-likeness (QED) is 0.751. The lowest BCUT2D eigenvalue weighted by atomic mass is 10.2. The highest BCUT2D eigenvalue weighted by Crippen LogP contribution is 2.29. The number of benzene rings is 1. The first kappa shape index (κ1) is 12.4. The minimum Gasteiger partial charge on any atom is -0.494 e. The minimum absolute atomic E-state index is 0.180. The monoisotopic (exact) mass is 234 g/mol. The molecule has 0 spiro atoms. The summed E-state index contributed by atoms with van der Waals surface area (Å²) in [4.78, 5) is 10.5. The molecule has 0 aliphatic heterocycles. The molecular weight excluding hydrogens is 225 g/mol. The van der Waals surface area contributed by atoms with Crippen LogP contribution in [-0.2, 0) is 0 Å². The summed E-state index contributed by atoms with van der Waals surface area (Å²) in [7, 11) is 0. The number of hydrogen-bond donors (Lipinski definition) is 0. The highest BCUT2D eigenvalue weighted by molar-refractivity contribution is 5.79. The molecule has 0 saturated heterocycles. The van der Waals surface area contributed by atoms with Crippen LogP contribution in [0.25, 0.3) is 0 Å². The first-order chi connectivity index (χ1) is 7.46. The van der Waals surface area contributed by atoms with Crippen molar-refractivity contribution in [3.8, 4) is 11.5 Å². The van der Waals surface area contributed by atoms with Crippen molar-refractivity contribution in [1.29, 1.82) is 0 Å². The Morgan fingerprint density at radius 3 is 2.56 bits per heavy atom. The van der Waals surface area contributed by atoms with Crippen LogP contribution in [0.5, 0.6) is 11.5 Å². The summed E-state index contributed by atoms with van der Waals surface area (Å²) >= 11 is 0. The molecule has 0 radical (unpaired) electrons. The van der Waals surface area contributed by atoms with E-state index in [-0.39, 0.29) is 17.6 Å². The zero-order chi connectivity index (χ0) is 12.2. The van der Waals surface area contributed by atoms with Gasteiger partial charge >= 0.3 is 6.36 Å². The third-order valence-corrected chi connectivity index (χ3v) is 1.65. The van der Waals surface area contributed by atoms with E-state index in [2.05, 4.69) is 4.74 Å². The minimum atomic E-state index is -4.83. The van der Waals surface area contributed by atoms with Crippen LogP contribution < -0.4 is 9.47 Å². The van der Waals surface area contributed by atoms with Crippen molar-refractivity contribution < 1.29 is 27.4 Å². The Hall–Kier alpha value is -1.72. The summed E-state index contributed by atoms with van der Waals surface area (Å²) in [6.45, 7) is 2.00. The second kappa shape index (κ2) is 4.87. The Balaban J connectivity index is 3.02. The molecule has 6 heteroatoms. The Bertz CT molecular complexity index is 374. The molecule has 0 heterocycles. The van der Waals surface area contributed by atoms with E-state index >= 15 is 0 Å². The van der Waals surface area contributed by atoms with E-state index in [1.165, 1.54) is 12.1 Å². The molecule has 1 aromatic rings. The molecule has 0 atom stereocenters. The molecule has 0 bridgehead atoms. The molecule has 1 aromatic carbocycles. The van der Waals surface area contributed by atoms with Gasteiger partial charge in [-0.3, -0.25) is 4.79 Å². The maximum absolute atomic E-state index is 12.0. The number of aldehydes is 1. The largest absolute Gasteiger partial charge is 0.573 e. The number of ether oxygens (including phenoxy) is 2. The van der Waals surface area contributed by atoms with Crippen LogP contribution in [-0.4, -0.2) is 19.3 Å². The van der Waals surface area contributed by atoms with E-state index in [4.69, 9.17) is 4.74 Å². The van der Waals surface area contributed by atoms with Crippen molar-refractivity contribution in [1.82, 2.24) is 0 Å². The molecule has 16 heavy (non-hydrogen) atoms. The van der Waals surface area contributed by atoms with Gasteiger partial charge in [-0.25, -0.2) is 0 Å². The zero-order valence-electron chi connectivity index (χ0n) is 8.38. The number of halogens is 3. The average molecular weight is 234 g/mol. The Labute approximate surface area is 89.8 Å².